The first-order valence-corrected chi connectivity index (χ1v) is 5.59. The third-order valence-electron chi connectivity index (χ3n) is 2.79. The Morgan fingerprint density at radius 1 is 1.53 bits per heavy atom. The lowest BCUT2D eigenvalue weighted by Gasteiger charge is -2.20. The second kappa shape index (κ2) is 5.65. The first kappa shape index (κ1) is 13.5. The van der Waals surface area contributed by atoms with Crippen molar-refractivity contribution < 1.29 is 19.1 Å². The van der Waals surface area contributed by atoms with Crippen LogP contribution in [0.5, 0.6) is 0 Å². The Morgan fingerprint density at radius 3 is 2.65 bits per heavy atom. The molecule has 0 radical (unpaired) electrons. The minimum absolute atomic E-state index is 0.0155. The van der Waals surface area contributed by atoms with Crippen LogP contribution < -0.4 is 5.32 Å². The van der Waals surface area contributed by atoms with Crippen molar-refractivity contribution in [2.75, 3.05) is 20.2 Å². The molecule has 17 heavy (non-hydrogen) atoms. The number of esters is 1. The number of methoxy groups -OCH3 is 1. The van der Waals surface area contributed by atoms with Gasteiger partial charge in [0.2, 0.25) is 11.8 Å². The standard InChI is InChI=1S/C11H18N2O4/c1-7(2)13-6-8(4-9(13)14)11(16)12-5-10(15)17-3/h7-8H,4-6H2,1-3H3,(H,12,16)/t8-/m0/s1. The molecule has 0 aromatic carbocycles. The Balaban J connectivity index is 2.45. The molecule has 0 aromatic heterocycles. The van der Waals surface area contributed by atoms with E-state index in [9.17, 15) is 14.4 Å². The van der Waals surface area contributed by atoms with Crippen LogP contribution >= 0.6 is 0 Å². The number of carbonyl (C=O) groups excluding carboxylic acids is 3. The highest BCUT2D eigenvalue weighted by Gasteiger charge is 2.35. The fourth-order valence-electron chi connectivity index (χ4n) is 1.78. The maximum atomic E-state index is 11.7. The summed E-state index contributed by atoms with van der Waals surface area (Å²) in [5.41, 5.74) is 0. The van der Waals surface area contributed by atoms with Crippen LogP contribution in [0.4, 0.5) is 0 Å². The number of carbonyl (C=O) groups is 3. The van der Waals surface area contributed by atoms with Crippen LogP contribution in [0, 0.1) is 5.92 Å². The van der Waals surface area contributed by atoms with E-state index in [1.807, 2.05) is 13.8 Å². The van der Waals surface area contributed by atoms with Crippen molar-refractivity contribution in [3.8, 4) is 0 Å². The molecule has 0 spiro atoms. The summed E-state index contributed by atoms with van der Waals surface area (Å²) in [6, 6.07) is 0.0981. The number of nitrogens with one attached hydrogen (secondary N) is 1. The van der Waals surface area contributed by atoms with Crippen LogP contribution in [0.2, 0.25) is 0 Å². The van der Waals surface area contributed by atoms with E-state index in [0.29, 0.717) is 6.54 Å². The minimum Gasteiger partial charge on any atom is -0.468 e. The topological polar surface area (TPSA) is 75.7 Å². The van der Waals surface area contributed by atoms with Gasteiger partial charge in [-0.1, -0.05) is 0 Å². The number of hydrogen-bond donors (Lipinski definition) is 1. The van der Waals surface area contributed by atoms with E-state index in [0.717, 1.165) is 0 Å². The average molecular weight is 242 g/mol. The predicted octanol–water partition coefficient (Wildman–Crippen LogP) is -0.467. The molecule has 0 saturated carbocycles. The van der Waals surface area contributed by atoms with Gasteiger partial charge in [0.15, 0.2) is 0 Å². The van der Waals surface area contributed by atoms with Crippen molar-refractivity contribution >= 4 is 17.8 Å². The number of rotatable bonds is 4. The van der Waals surface area contributed by atoms with E-state index in [-0.39, 0.29) is 36.7 Å². The van der Waals surface area contributed by atoms with Crippen molar-refractivity contribution in [1.29, 1.82) is 0 Å². The Bertz CT molecular complexity index is 327. The van der Waals surface area contributed by atoms with Gasteiger partial charge in [0.1, 0.15) is 6.54 Å². The first-order valence-electron chi connectivity index (χ1n) is 5.59. The first-order chi connectivity index (χ1) is 7.95. The van der Waals surface area contributed by atoms with Crippen LogP contribution in [0.3, 0.4) is 0 Å². The van der Waals surface area contributed by atoms with Gasteiger partial charge in [-0.3, -0.25) is 14.4 Å². The van der Waals surface area contributed by atoms with E-state index in [1.165, 1.54) is 7.11 Å². The zero-order valence-electron chi connectivity index (χ0n) is 10.4. The number of nitrogens with zero attached hydrogens (tertiary/aromatic N) is 1. The molecule has 0 unspecified atom stereocenters. The summed E-state index contributed by atoms with van der Waals surface area (Å²) in [5, 5.41) is 2.46. The molecular weight excluding hydrogens is 224 g/mol. The molecule has 0 bridgehead atoms. The lowest BCUT2D eigenvalue weighted by atomic mass is 10.1. The molecule has 2 amide bonds. The highest BCUT2D eigenvalue weighted by Crippen LogP contribution is 2.19. The Morgan fingerprint density at radius 2 is 2.18 bits per heavy atom. The fourth-order valence-corrected chi connectivity index (χ4v) is 1.78. The van der Waals surface area contributed by atoms with E-state index < -0.39 is 5.97 Å². The van der Waals surface area contributed by atoms with Gasteiger partial charge in [-0.2, -0.15) is 0 Å². The molecule has 1 saturated heterocycles. The normalized spacial score (nSPS) is 19.6. The lowest BCUT2D eigenvalue weighted by molar-refractivity contribution is -0.141. The van der Waals surface area contributed by atoms with Crippen LogP contribution in [0.25, 0.3) is 0 Å². The van der Waals surface area contributed by atoms with Gasteiger partial charge < -0.3 is 15.0 Å². The monoisotopic (exact) mass is 242 g/mol. The van der Waals surface area contributed by atoms with Gasteiger partial charge in [-0.25, -0.2) is 0 Å². The fraction of sp³-hybridized carbons (Fsp3) is 0.727. The van der Waals surface area contributed by atoms with Crippen LogP contribution in [-0.4, -0.2) is 48.9 Å². The summed E-state index contributed by atoms with van der Waals surface area (Å²) < 4.78 is 4.41. The summed E-state index contributed by atoms with van der Waals surface area (Å²) in [5.74, 6) is -1.15. The summed E-state index contributed by atoms with van der Waals surface area (Å²) in [6.07, 6.45) is 0.213. The quantitative estimate of drug-likeness (QED) is 0.676. The molecule has 96 valence electrons. The molecule has 6 heteroatoms. The van der Waals surface area contributed by atoms with Crippen molar-refractivity contribution in [2.24, 2.45) is 5.92 Å². The average Bonchev–Trinajstić information content (AvgIpc) is 2.67. The van der Waals surface area contributed by atoms with E-state index in [2.05, 4.69) is 10.1 Å². The molecule has 1 rings (SSSR count). The largest absolute Gasteiger partial charge is 0.468 e. The smallest absolute Gasteiger partial charge is 0.325 e. The number of likely N-dealkylation sites (tertiary alicyclic amines) is 1. The molecule has 0 aliphatic carbocycles. The maximum absolute atomic E-state index is 11.7. The highest BCUT2D eigenvalue weighted by atomic mass is 16.5. The van der Waals surface area contributed by atoms with Crippen LogP contribution in [-0.2, 0) is 19.1 Å². The minimum atomic E-state index is -0.497. The molecule has 1 fully saturated rings. The summed E-state index contributed by atoms with van der Waals surface area (Å²) in [6.45, 7) is 4.09. The summed E-state index contributed by atoms with van der Waals surface area (Å²) >= 11 is 0. The van der Waals surface area contributed by atoms with Crippen molar-refractivity contribution in [3.63, 3.8) is 0 Å². The Labute approximate surface area is 100 Å². The zero-order valence-corrected chi connectivity index (χ0v) is 10.4. The Hall–Kier alpha value is -1.59. The highest BCUT2D eigenvalue weighted by molar-refractivity contribution is 5.90. The van der Waals surface area contributed by atoms with Crippen LogP contribution in [0.15, 0.2) is 0 Å². The lowest BCUT2D eigenvalue weighted by Crippen LogP contribution is -2.37. The molecule has 1 heterocycles. The van der Waals surface area contributed by atoms with Gasteiger partial charge in [0.25, 0.3) is 0 Å². The second-order valence-electron chi connectivity index (χ2n) is 4.33. The zero-order chi connectivity index (χ0) is 13.0. The third-order valence-corrected chi connectivity index (χ3v) is 2.79. The third kappa shape index (κ3) is 3.44. The van der Waals surface area contributed by atoms with E-state index in [1.54, 1.807) is 4.90 Å². The number of ether oxygens (including phenoxy) is 1. The van der Waals surface area contributed by atoms with Crippen molar-refractivity contribution in [3.05, 3.63) is 0 Å². The summed E-state index contributed by atoms with van der Waals surface area (Å²) in [4.78, 5) is 35.8. The SMILES string of the molecule is COC(=O)CNC(=O)[C@H]1CC(=O)N(C(C)C)C1. The second-order valence-corrected chi connectivity index (χ2v) is 4.33. The van der Waals surface area contributed by atoms with Gasteiger partial charge >= 0.3 is 5.97 Å². The van der Waals surface area contributed by atoms with Gasteiger partial charge in [-0.15, -0.1) is 0 Å². The molecular formula is C11H18N2O4. The Kier molecular flexibility index (Phi) is 4.48. The molecule has 6 nitrogen and oxygen atoms in total. The summed E-state index contributed by atoms with van der Waals surface area (Å²) in [7, 11) is 1.26. The van der Waals surface area contributed by atoms with Gasteiger partial charge in [0, 0.05) is 19.0 Å². The molecule has 1 atom stereocenters. The molecule has 1 aliphatic rings. The van der Waals surface area contributed by atoms with Gasteiger partial charge in [0.05, 0.1) is 13.0 Å². The number of amides is 2. The van der Waals surface area contributed by atoms with Gasteiger partial charge in [-0.05, 0) is 13.8 Å². The maximum Gasteiger partial charge on any atom is 0.325 e. The van der Waals surface area contributed by atoms with Crippen molar-refractivity contribution in [2.45, 2.75) is 26.3 Å². The molecule has 0 aromatic rings. The molecule has 1 aliphatic heterocycles. The number of hydrogen-bond acceptors (Lipinski definition) is 4. The van der Waals surface area contributed by atoms with E-state index in [4.69, 9.17) is 0 Å². The van der Waals surface area contributed by atoms with E-state index >= 15 is 0 Å². The molecule has 1 N–H and O–H groups in total. The van der Waals surface area contributed by atoms with Crippen molar-refractivity contribution in [1.82, 2.24) is 10.2 Å². The van der Waals surface area contributed by atoms with Crippen LogP contribution in [0.1, 0.15) is 20.3 Å². The predicted molar refractivity (Wildman–Crippen MR) is 60.0 cm³/mol.